The predicted octanol–water partition coefficient (Wildman–Crippen LogP) is 3.13. The first-order chi connectivity index (χ1) is 12.9. The van der Waals surface area contributed by atoms with Gasteiger partial charge >= 0.3 is 5.97 Å². The third kappa shape index (κ3) is 4.63. The number of anilines is 1. The lowest BCUT2D eigenvalue weighted by Gasteiger charge is -2.18. The van der Waals surface area contributed by atoms with Crippen molar-refractivity contribution in [3.05, 3.63) is 59.2 Å². The molecule has 0 aliphatic heterocycles. The average molecular weight is 370 g/mol. The SMILES string of the molecule is CCN(CC)C(=O)c1ccc(C(=O)Nc2ccc(C(=O)O)cc2OC)cc1. The molecule has 0 aromatic heterocycles. The third-order valence-electron chi connectivity index (χ3n) is 4.14. The van der Waals surface area contributed by atoms with Crippen LogP contribution in [0.4, 0.5) is 5.69 Å². The first-order valence-corrected chi connectivity index (χ1v) is 8.53. The van der Waals surface area contributed by atoms with Crippen molar-refractivity contribution in [2.45, 2.75) is 13.8 Å². The maximum atomic E-state index is 12.5. The van der Waals surface area contributed by atoms with Gasteiger partial charge in [0, 0.05) is 24.2 Å². The predicted molar refractivity (Wildman–Crippen MR) is 102 cm³/mol. The molecule has 2 amide bonds. The molecule has 0 aliphatic rings. The van der Waals surface area contributed by atoms with Crippen molar-refractivity contribution in [2.75, 3.05) is 25.5 Å². The molecule has 0 atom stereocenters. The van der Waals surface area contributed by atoms with E-state index in [2.05, 4.69) is 5.32 Å². The van der Waals surface area contributed by atoms with E-state index in [9.17, 15) is 14.4 Å². The van der Waals surface area contributed by atoms with Crippen LogP contribution in [-0.2, 0) is 0 Å². The Hall–Kier alpha value is -3.35. The van der Waals surface area contributed by atoms with E-state index in [1.165, 1.54) is 25.3 Å². The zero-order chi connectivity index (χ0) is 20.0. The number of methoxy groups -OCH3 is 1. The Kier molecular flexibility index (Phi) is 6.54. The minimum absolute atomic E-state index is 0.0594. The topological polar surface area (TPSA) is 95.9 Å². The highest BCUT2D eigenvalue weighted by Crippen LogP contribution is 2.26. The maximum Gasteiger partial charge on any atom is 0.335 e. The van der Waals surface area contributed by atoms with Gasteiger partial charge in [0.2, 0.25) is 0 Å². The summed E-state index contributed by atoms with van der Waals surface area (Å²) in [4.78, 5) is 37.5. The smallest absolute Gasteiger partial charge is 0.335 e. The summed E-state index contributed by atoms with van der Waals surface area (Å²) >= 11 is 0. The molecule has 2 N–H and O–H groups in total. The van der Waals surface area contributed by atoms with E-state index in [4.69, 9.17) is 9.84 Å². The molecule has 0 radical (unpaired) electrons. The van der Waals surface area contributed by atoms with Crippen molar-refractivity contribution < 1.29 is 24.2 Å². The highest BCUT2D eigenvalue weighted by atomic mass is 16.5. The molecule has 7 nitrogen and oxygen atoms in total. The molecule has 0 heterocycles. The molecule has 0 fully saturated rings. The summed E-state index contributed by atoms with van der Waals surface area (Å²) in [7, 11) is 1.39. The van der Waals surface area contributed by atoms with Crippen LogP contribution in [0.15, 0.2) is 42.5 Å². The first kappa shape index (κ1) is 20.0. The molecule has 0 saturated carbocycles. The van der Waals surface area contributed by atoms with Crippen LogP contribution < -0.4 is 10.1 Å². The Bertz CT molecular complexity index is 842. The van der Waals surface area contributed by atoms with Crippen molar-refractivity contribution >= 4 is 23.5 Å². The van der Waals surface area contributed by atoms with E-state index >= 15 is 0 Å². The minimum Gasteiger partial charge on any atom is -0.495 e. The lowest BCUT2D eigenvalue weighted by atomic mass is 10.1. The number of rotatable bonds is 7. The first-order valence-electron chi connectivity index (χ1n) is 8.53. The number of aromatic carboxylic acids is 1. The number of carbonyl (C=O) groups is 3. The average Bonchev–Trinajstić information content (AvgIpc) is 2.69. The number of carboxylic acids is 1. The zero-order valence-corrected chi connectivity index (χ0v) is 15.5. The van der Waals surface area contributed by atoms with E-state index in [1.807, 2.05) is 13.8 Å². The van der Waals surface area contributed by atoms with Crippen LogP contribution in [0.2, 0.25) is 0 Å². The second kappa shape index (κ2) is 8.84. The van der Waals surface area contributed by atoms with E-state index in [0.717, 1.165) is 0 Å². The Balaban J connectivity index is 2.17. The number of carbonyl (C=O) groups excluding carboxylic acids is 2. The molecular weight excluding hydrogens is 348 g/mol. The fraction of sp³-hybridized carbons (Fsp3) is 0.250. The summed E-state index contributed by atoms with van der Waals surface area (Å²) in [5.74, 6) is -1.31. The molecule has 27 heavy (non-hydrogen) atoms. The largest absolute Gasteiger partial charge is 0.495 e. The van der Waals surface area contributed by atoms with Crippen LogP contribution in [-0.4, -0.2) is 48.0 Å². The van der Waals surface area contributed by atoms with E-state index in [0.29, 0.717) is 29.9 Å². The Morgan fingerprint density at radius 3 is 2.04 bits per heavy atom. The molecule has 0 unspecified atom stereocenters. The van der Waals surface area contributed by atoms with E-state index in [-0.39, 0.29) is 17.2 Å². The number of benzene rings is 2. The van der Waals surface area contributed by atoms with Gasteiger partial charge in [0.05, 0.1) is 18.4 Å². The summed E-state index contributed by atoms with van der Waals surface area (Å²) in [6.45, 7) is 5.05. The van der Waals surface area contributed by atoms with Crippen molar-refractivity contribution in [3.63, 3.8) is 0 Å². The quantitative estimate of drug-likeness (QED) is 0.781. The van der Waals surface area contributed by atoms with Gasteiger partial charge in [0.1, 0.15) is 5.75 Å². The minimum atomic E-state index is -1.08. The van der Waals surface area contributed by atoms with Crippen LogP contribution in [0.3, 0.4) is 0 Å². The molecule has 2 rings (SSSR count). The summed E-state index contributed by atoms with van der Waals surface area (Å²) in [5, 5.41) is 11.7. The summed E-state index contributed by atoms with van der Waals surface area (Å²) < 4.78 is 5.15. The van der Waals surface area contributed by atoms with Gasteiger partial charge in [-0.25, -0.2) is 4.79 Å². The highest BCUT2D eigenvalue weighted by molar-refractivity contribution is 6.06. The maximum absolute atomic E-state index is 12.5. The van der Waals surface area contributed by atoms with Crippen molar-refractivity contribution in [1.82, 2.24) is 4.90 Å². The van der Waals surface area contributed by atoms with Crippen LogP contribution in [0.25, 0.3) is 0 Å². The summed E-state index contributed by atoms with van der Waals surface area (Å²) in [5.41, 5.74) is 1.30. The fourth-order valence-electron chi connectivity index (χ4n) is 2.58. The van der Waals surface area contributed by atoms with Gasteiger partial charge in [-0.05, 0) is 56.3 Å². The Morgan fingerprint density at radius 1 is 0.963 bits per heavy atom. The molecule has 0 bridgehead atoms. The van der Waals surface area contributed by atoms with Gasteiger partial charge in [-0.1, -0.05) is 0 Å². The Labute approximate surface area is 157 Å². The number of ether oxygens (including phenoxy) is 1. The second-order valence-electron chi connectivity index (χ2n) is 5.73. The van der Waals surface area contributed by atoms with E-state index < -0.39 is 11.9 Å². The number of amides is 2. The number of hydrogen-bond acceptors (Lipinski definition) is 4. The van der Waals surface area contributed by atoms with Gasteiger partial charge in [-0.2, -0.15) is 0 Å². The molecule has 2 aromatic carbocycles. The van der Waals surface area contributed by atoms with E-state index in [1.54, 1.807) is 29.2 Å². The van der Waals surface area contributed by atoms with Crippen LogP contribution in [0.5, 0.6) is 5.75 Å². The van der Waals surface area contributed by atoms with Crippen molar-refractivity contribution in [1.29, 1.82) is 0 Å². The highest BCUT2D eigenvalue weighted by Gasteiger charge is 2.15. The lowest BCUT2D eigenvalue weighted by Crippen LogP contribution is -2.30. The molecular formula is C20H22N2O5. The van der Waals surface area contributed by atoms with Gasteiger partial charge < -0.3 is 20.1 Å². The monoisotopic (exact) mass is 370 g/mol. The van der Waals surface area contributed by atoms with Gasteiger partial charge in [0.25, 0.3) is 11.8 Å². The molecule has 142 valence electrons. The van der Waals surface area contributed by atoms with Crippen molar-refractivity contribution in [2.24, 2.45) is 0 Å². The number of nitrogens with one attached hydrogen (secondary N) is 1. The molecule has 0 aliphatic carbocycles. The molecule has 0 saturated heterocycles. The van der Waals surface area contributed by atoms with Gasteiger partial charge in [-0.3, -0.25) is 9.59 Å². The number of nitrogens with zero attached hydrogens (tertiary/aromatic N) is 1. The van der Waals surface area contributed by atoms with Crippen LogP contribution in [0.1, 0.15) is 44.9 Å². The second-order valence-corrected chi connectivity index (χ2v) is 5.73. The molecule has 0 spiro atoms. The third-order valence-corrected chi connectivity index (χ3v) is 4.14. The van der Waals surface area contributed by atoms with Gasteiger partial charge in [-0.15, -0.1) is 0 Å². The molecule has 2 aromatic rings. The number of hydrogen-bond donors (Lipinski definition) is 2. The van der Waals surface area contributed by atoms with Crippen molar-refractivity contribution in [3.8, 4) is 5.75 Å². The normalized spacial score (nSPS) is 10.2. The summed E-state index contributed by atoms with van der Waals surface area (Å²) in [6.07, 6.45) is 0. The molecule has 7 heteroatoms. The standard InChI is InChI=1S/C20H22N2O5/c1-4-22(5-2)19(24)14-8-6-13(7-9-14)18(23)21-16-11-10-15(20(25)26)12-17(16)27-3/h6-12H,4-5H2,1-3H3,(H,21,23)(H,25,26). The van der Waals surface area contributed by atoms with Gasteiger partial charge in [0.15, 0.2) is 0 Å². The van der Waals surface area contributed by atoms with Crippen LogP contribution in [0, 0.1) is 0 Å². The fourth-order valence-corrected chi connectivity index (χ4v) is 2.58. The lowest BCUT2D eigenvalue weighted by molar-refractivity contribution is 0.0695. The van der Waals surface area contributed by atoms with Crippen LogP contribution >= 0.6 is 0 Å². The zero-order valence-electron chi connectivity index (χ0n) is 15.5. The summed E-state index contributed by atoms with van der Waals surface area (Å²) in [6, 6.07) is 10.6. The number of carboxylic acid groups (broad SMARTS) is 1. The Morgan fingerprint density at radius 2 is 1.52 bits per heavy atom.